The molecule has 3 rings (SSSR count). The van der Waals surface area contributed by atoms with Gasteiger partial charge in [-0.25, -0.2) is 0 Å². The first-order valence-electron chi connectivity index (χ1n) is 9.46. The molecule has 0 atom stereocenters. The van der Waals surface area contributed by atoms with Gasteiger partial charge in [-0.2, -0.15) is 0 Å². The SMILES string of the molecule is Cc1cc(OCc2ccc(C(=O)Nc3ccc([N+](=O)[O-])cc3O)o2)c(C(C)C)cc1Cl. The van der Waals surface area contributed by atoms with Gasteiger partial charge in [-0.05, 0) is 54.3 Å². The lowest BCUT2D eigenvalue weighted by atomic mass is 10.0. The quantitative estimate of drug-likeness (QED) is 0.270. The van der Waals surface area contributed by atoms with Gasteiger partial charge in [0.2, 0.25) is 0 Å². The van der Waals surface area contributed by atoms with Gasteiger partial charge in [-0.1, -0.05) is 25.4 Å². The second-order valence-corrected chi connectivity index (χ2v) is 7.67. The van der Waals surface area contributed by atoms with Crippen LogP contribution in [0.15, 0.2) is 46.9 Å². The number of aromatic hydroxyl groups is 1. The number of nitro groups is 1. The van der Waals surface area contributed by atoms with Crippen LogP contribution in [0, 0.1) is 17.0 Å². The second-order valence-electron chi connectivity index (χ2n) is 7.26. The monoisotopic (exact) mass is 444 g/mol. The highest BCUT2D eigenvalue weighted by molar-refractivity contribution is 6.31. The number of furan rings is 1. The minimum atomic E-state index is -0.642. The van der Waals surface area contributed by atoms with E-state index < -0.39 is 16.6 Å². The lowest BCUT2D eigenvalue weighted by molar-refractivity contribution is -0.384. The number of hydrogen-bond acceptors (Lipinski definition) is 6. The number of carbonyl (C=O) groups excluding carboxylic acids is 1. The largest absolute Gasteiger partial charge is 0.506 e. The number of non-ortho nitro benzene ring substituents is 1. The third-order valence-corrected chi connectivity index (χ3v) is 5.02. The number of benzene rings is 2. The molecule has 0 bridgehead atoms. The fourth-order valence-electron chi connectivity index (χ4n) is 2.90. The smallest absolute Gasteiger partial charge is 0.291 e. The Hall–Kier alpha value is -3.52. The molecule has 0 unspecified atom stereocenters. The van der Waals surface area contributed by atoms with Crippen molar-refractivity contribution < 1.29 is 24.0 Å². The van der Waals surface area contributed by atoms with Crippen molar-refractivity contribution in [1.29, 1.82) is 0 Å². The summed E-state index contributed by atoms with van der Waals surface area (Å²) in [7, 11) is 0. The number of aryl methyl sites for hydroxylation is 1. The lowest BCUT2D eigenvalue weighted by Crippen LogP contribution is -2.11. The average molecular weight is 445 g/mol. The van der Waals surface area contributed by atoms with Crippen LogP contribution < -0.4 is 10.1 Å². The molecule has 1 heterocycles. The topological polar surface area (TPSA) is 115 Å². The zero-order valence-corrected chi connectivity index (χ0v) is 17.9. The number of nitrogens with one attached hydrogen (secondary N) is 1. The van der Waals surface area contributed by atoms with Gasteiger partial charge >= 0.3 is 0 Å². The third-order valence-electron chi connectivity index (χ3n) is 4.61. The van der Waals surface area contributed by atoms with Crippen molar-refractivity contribution in [3.8, 4) is 11.5 Å². The van der Waals surface area contributed by atoms with Crippen LogP contribution in [0.3, 0.4) is 0 Å². The molecule has 3 aromatic rings. The fraction of sp³-hybridized carbons (Fsp3) is 0.227. The molecule has 0 aliphatic heterocycles. The number of phenols is 1. The number of rotatable bonds is 7. The number of halogens is 1. The van der Waals surface area contributed by atoms with Gasteiger partial charge in [-0.3, -0.25) is 14.9 Å². The van der Waals surface area contributed by atoms with Crippen LogP contribution >= 0.6 is 11.6 Å². The van der Waals surface area contributed by atoms with E-state index in [2.05, 4.69) is 5.32 Å². The van der Waals surface area contributed by atoms with Crippen LogP contribution in [0.5, 0.6) is 11.5 Å². The summed E-state index contributed by atoms with van der Waals surface area (Å²) in [4.78, 5) is 22.5. The molecule has 2 aromatic carbocycles. The molecule has 0 radical (unpaired) electrons. The lowest BCUT2D eigenvalue weighted by Gasteiger charge is -2.15. The molecule has 1 amide bonds. The first-order chi connectivity index (χ1) is 14.7. The van der Waals surface area contributed by atoms with Gasteiger partial charge in [0.15, 0.2) is 5.76 Å². The number of nitro benzene ring substituents is 1. The minimum Gasteiger partial charge on any atom is -0.506 e. The van der Waals surface area contributed by atoms with Gasteiger partial charge in [-0.15, -0.1) is 0 Å². The van der Waals surface area contributed by atoms with Crippen LogP contribution in [0.1, 0.15) is 47.2 Å². The molecule has 0 saturated carbocycles. The van der Waals surface area contributed by atoms with Gasteiger partial charge in [0.25, 0.3) is 11.6 Å². The van der Waals surface area contributed by atoms with Gasteiger partial charge in [0.1, 0.15) is 23.9 Å². The van der Waals surface area contributed by atoms with Crippen LogP contribution in [-0.4, -0.2) is 15.9 Å². The molecule has 0 aliphatic rings. The van der Waals surface area contributed by atoms with E-state index in [9.17, 15) is 20.0 Å². The summed E-state index contributed by atoms with van der Waals surface area (Å²) in [5.41, 5.74) is 1.60. The number of carbonyl (C=O) groups is 1. The number of phenolic OH excluding ortho intramolecular Hbond substituents is 1. The first-order valence-corrected chi connectivity index (χ1v) is 9.83. The Balaban J connectivity index is 1.69. The predicted molar refractivity (Wildman–Crippen MR) is 116 cm³/mol. The maximum atomic E-state index is 12.4. The predicted octanol–water partition coefficient (Wildman–Crippen LogP) is 5.81. The number of ether oxygens (including phenoxy) is 1. The molecule has 0 saturated heterocycles. The highest BCUT2D eigenvalue weighted by Crippen LogP contribution is 2.33. The maximum Gasteiger partial charge on any atom is 0.291 e. The van der Waals surface area contributed by atoms with Crippen LogP contribution in [-0.2, 0) is 6.61 Å². The first kappa shape index (κ1) is 22.2. The molecule has 0 spiro atoms. The van der Waals surface area contributed by atoms with E-state index in [4.69, 9.17) is 20.8 Å². The van der Waals surface area contributed by atoms with Crippen molar-refractivity contribution in [2.45, 2.75) is 33.3 Å². The molecule has 1 aromatic heterocycles. The van der Waals surface area contributed by atoms with E-state index >= 15 is 0 Å². The number of nitrogens with zero attached hydrogens (tertiary/aromatic N) is 1. The van der Waals surface area contributed by atoms with E-state index in [1.807, 2.05) is 32.9 Å². The van der Waals surface area contributed by atoms with Gasteiger partial charge in [0, 0.05) is 11.1 Å². The highest BCUT2D eigenvalue weighted by atomic mass is 35.5. The van der Waals surface area contributed by atoms with E-state index in [1.165, 1.54) is 18.2 Å². The Morgan fingerprint density at radius 3 is 2.65 bits per heavy atom. The molecule has 9 heteroatoms. The van der Waals surface area contributed by atoms with E-state index in [0.717, 1.165) is 17.2 Å². The molecular weight excluding hydrogens is 424 g/mol. The molecule has 31 heavy (non-hydrogen) atoms. The molecule has 0 aliphatic carbocycles. The Kier molecular flexibility index (Phi) is 6.50. The van der Waals surface area contributed by atoms with E-state index in [-0.39, 0.29) is 29.7 Å². The van der Waals surface area contributed by atoms with Crippen molar-refractivity contribution >= 4 is 28.9 Å². The number of hydrogen-bond donors (Lipinski definition) is 2. The number of amides is 1. The van der Waals surface area contributed by atoms with Crippen LogP contribution in [0.25, 0.3) is 0 Å². The highest BCUT2D eigenvalue weighted by Gasteiger charge is 2.17. The Morgan fingerprint density at radius 1 is 1.26 bits per heavy atom. The van der Waals surface area contributed by atoms with Crippen LogP contribution in [0.4, 0.5) is 11.4 Å². The Bertz CT molecular complexity index is 1140. The normalized spacial score (nSPS) is 10.9. The van der Waals surface area contributed by atoms with Gasteiger partial charge < -0.3 is 19.6 Å². The zero-order valence-electron chi connectivity index (χ0n) is 17.1. The standard InChI is InChI=1S/C22H21ClN2O6/c1-12(2)16-10-17(23)13(3)8-21(16)30-11-15-5-7-20(31-15)22(27)24-18-6-4-14(25(28)29)9-19(18)26/h4-10,12,26H,11H2,1-3H3,(H,24,27). The van der Waals surface area contributed by atoms with Crippen LogP contribution in [0.2, 0.25) is 5.02 Å². The average Bonchev–Trinajstić information content (AvgIpc) is 3.19. The van der Waals surface area contributed by atoms with Crippen molar-refractivity contribution in [3.05, 3.63) is 80.2 Å². The minimum absolute atomic E-state index is 0.00715. The number of anilines is 1. The summed E-state index contributed by atoms with van der Waals surface area (Å²) in [6, 6.07) is 10.2. The third kappa shape index (κ3) is 5.16. The molecule has 2 N–H and O–H groups in total. The Labute approximate surface area is 183 Å². The second kappa shape index (κ2) is 9.09. The van der Waals surface area contributed by atoms with Crippen molar-refractivity contribution in [1.82, 2.24) is 0 Å². The molecule has 8 nitrogen and oxygen atoms in total. The summed E-state index contributed by atoms with van der Waals surface area (Å²) in [6.45, 7) is 6.08. The van der Waals surface area contributed by atoms with Crippen molar-refractivity contribution in [2.75, 3.05) is 5.32 Å². The summed E-state index contributed by atoms with van der Waals surface area (Å²) >= 11 is 6.22. The summed E-state index contributed by atoms with van der Waals surface area (Å²) in [5, 5.41) is 23.8. The fourth-order valence-corrected chi connectivity index (χ4v) is 3.07. The maximum absolute atomic E-state index is 12.4. The van der Waals surface area contributed by atoms with Crippen molar-refractivity contribution in [3.63, 3.8) is 0 Å². The summed E-state index contributed by atoms with van der Waals surface area (Å²) in [6.07, 6.45) is 0. The molecule has 162 valence electrons. The molecule has 0 fully saturated rings. The van der Waals surface area contributed by atoms with E-state index in [0.29, 0.717) is 16.5 Å². The van der Waals surface area contributed by atoms with Gasteiger partial charge in [0.05, 0.1) is 16.7 Å². The Morgan fingerprint density at radius 2 is 2.00 bits per heavy atom. The van der Waals surface area contributed by atoms with Crippen molar-refractivity contribution in [2.24, 2.45) is 0 Å². The summed E-state index contributed by atoms with van der Waals surface area (Å²) < 4.78 is 11.4. The summed E-state index contributed by atoms with van der Waals surface area (Å²) in [5.74, 6) is 0.307. The zero-order chi connectivity index (χ0) is 22.7. The van der Waals surface area contributed by atoms with E-state index in [1.54, 1.807) is 6.07 Å². The molecular formula is C22H21ClN2O6.